The van der Waals surface area contributed by atoms with Gasteiger partial charge < -0.3 is 8.98 Å². The van der Waals surface area contributed by atoms with Gasteiger partial charge in [-0.05, 0) is 65.7 Å². The summed E-state index contributed by atoms with van der Waals surface area (Å²) in [5.41, 5.74) is 11.9. The summed E-state index contributed by atoms with van der Waals surface area (Å²) in [6, 6.07) is 65.2. The summed E-state index contributed by atoms with van der Waals surface area (Å²) < 4.78 is 10.1. The fraction of sp³-hybridized carbons (Fsp3) is 0. The molecule has 0 fully saturated rings. The smallest absolute Gasteiger partial charge is 0.164 e. The number of para-hydroxylation sites is 1. The summed E-state index contributed by atoms with van der Waals surface area (Å²) in [4.78, 5) is 20.3. The minimum absolute atomic E-state index is 0.575. The Balaban J connectivity index is 1.00. The normalized spacial score (nSPS) is 11.7. The lowest BCUT2D eigenvalue weighted by atomic mass is 10.0. The molecule has 8 aromatic carbocycles. The van der Waals surface area contributed by atoms with E-state index < -0.39 is 0 Å². The predicted molar refractivity (Wildman–Crippen MR) is 242 cm³/mol. The minimum Gasteiger partial charge on any atom is -0.456 e. The molecule has 6 nitrogen and oxygen atoms in total. The zero-order valence-corrected chi connectivity index (χ0v) is 32.3. The molecular formula is C52H31N5OS. The van der Waals surface area contributed by atoms with Crippen molar-refractivity contribution in [2.24, 2.45) is 0 Å². The van der Waals surface area contributed by atoms with Gasteiger partial charge in [-0.1, -0.05) is 127 Å². The van der Waals surface area contributed by atoms with E-state index in [1.807, 2.05) is 60.7 Å². The zero-order chi connectivity index (χ0) is 38.9. The van der Waals surface area contributed by atoms with Crippen LogP contribution in [-0.4, -0.2) is 24.5 Å². The third kappa shape index (κ3) is 5.62. The van der Waals surface area contributed by atoms with E-state index in [4.69, 9.17) is 24.4 Å². The zero-order valence-electron chi connectivity index (χ0n) is 31.5. The van der Waals surface area contributed by atoms with Crippen LogP contribution < -0.4 is 0 Å². The molecule has 0 unspecified atom stereocenters. The Morgan fingerprint density at radius 2 is 1.08 bits per heavy atom. The molecule has 0 atom stereocenters. The molecule has 0 aliphatic carbocycles. The molecule has 0 bridgehead atoms. The first kappa shape index (κ1) is 33.4. The summed E-state index contributed by atoms with van der Waals surface area (Å²) in [5, 5.41) is 5.35. The average Bonchev–Trinajstić information content (AvgIpc) is 4.01. The molecule has 0 spiro atoms. The highest BCUT2D eigenvalue weighted by Gasteiger charge is 2.20. The molecule has 12 aromatic rings. The van der Waals surface area contributed by atoms with Crippen LogP contribution in [0.2, 0.25) is 0 Å². The van der Waals surface area contributed by atoms with Crippen LogP contribution in [0.3, 0.4) is 0 Å². The van der Waals surface area contributed by atoms with Gasteiger partial charge in [0, 0.05) is 55.6 Å². The van der Waals surface area contributed by atoms with E-state index in [0.29, 0.717) is 17.5 Å². The third-order valence-corrected chi connectivity index (χ3v) is 12.2. The molecule has 276 valence electrons. The predicted octanol–water partition coefficient (Wildman–Crippen LogP) is 13.8. The van der Waals surface area contributed by atoms with Gasteiger partial charge in [0.05, 0.1) is 21.3 Å². The molecule has 0 amide bonds. The maximum atomic E-state index is 6.68. The molecule has 0 saturated heterocycles. The fourth-order valence-electron chi connectivity index (χ4n) is 8.31. The topological polar surface area (TPSA) is 69.6 Å². The highest BCUT2D eigenvalue weighted by Crippen LogP contribution is 2.40. The number of fused-ring (bicyclic) bond motifs is 7. The first-order valence-corrected chi connectivity index (χ1v) is 20.4. The third-order valence-electron chi connectivity index (χ3n) is 11.1. The van der Waals surface area contributed by atoms with E-state index in [-0.39, 0.29) is 0 Å². The van der Waals surface area contributed by atoms with E-state index >= 15 is 0 Å². The second-order valence-electron chi connectivity index (χ2n) is 14.7. The van der Waals surface area contributed by atoms with Gasteiger partial charge in [-0.15, -0.1) is 11.3 Å². The van der Waals surface area contributed by atoms with Crippen molar-refractivity contribution in [1.29, 1.82) is 0 Å². The van der Waals surface area contributed by atoms with Gasteiger partial charge in [-0.2, -0.15) is 0 Å². The molecule has 0 aliphatic heterocycles. The monoisotopic (exact) mass is 773 g/mol. The largest absolute Gasteiger partial charge is 0.456 e. The minimum atomic E-state index is 0.575. The maximum Gasteiger partial charge on any atom is 0.164 e. The van der Waals surface area contributed by atoms with Gasteiger partial charge in [0.15, 0.2) is 17.5 Å². The molecule has 0 saturated carbocycles. The summed E-state index contributed by atoms with van der Waals surface area (Å²) in [7, 11) is 0. The first-order chi connectivity index (χ1) is 29.2. The Morgan fingerprint density at radius 3 is 1.90 bits per heavy atom. The summed E-state index contributed by atoms with van der Waals surface area (Å²) >= 11 is 1.68. The summed E-state index contributed by atoms with van der Waals surface area (Å²) in [6.07, 6.45) is 0. The summed E-state index contributed by atoms with van der Waals surface area (Å²) in [5.74, 6) is 1.76. The molecule has 59 heavy (non-hydrogen) atoms. The van der Waals surface area contributed by atoms with Crippen LogP contribution in [0, 0.1) is 0 Å². The van der Waals surface area contributed by atoms with E-state index in [9.17, 15) is 0 Å². The lowest BCUT2D eigenvalue weighted by Crippen LogP contribution is -2.00. The van der Waals surface area contributed by atoms with Crippen molar-refractivity contribution in [1.82, 2.24) is 24.5 Å². The van der Waals surface area contributed by atoms with Gasteiger partial charge >= 0.3 is 0 Å². The van der Waals surface area contributed by atoms with Crippen molar-refractivity contribution in [2.45, 2.75) is 0 Å². The SMILES string of the molecule is c1ccc(-c2ccc3c(c2)c2ccccc2n3-c2ccc3c(c2)oc2cccc(-c4nc(-c5ccccc5)nc(-c5ccc6sc(-c7ccccc7)nc6c5)n4)c23)cc1. The molecule has 4 heterocycles. The quantitative estimate of drug-likeness (QED) is 0.168. The number of aromatic nitrogens is 5. The van der Waals surface area contributed by atoms with Crippen LogP contribution in [-0.2, 0) is 0 Å². The molecule has 0 aliphatic rings. The van der Waals surface area contributed by atoms with Crippen LogP contribution in [0.15, 0.2) is 192 Å². The van der Waals surface area contributed by atoms with Crippen molar-refractivity contribution < 1.29 is 4.42 Å². The highest BCUT2D eigenvalue weighted by molar-refractivity contribution is 7.21. The Kier molecular flexibility index (Phi) is 7.61. The highest BCUT2D eigenvalue weighted by atomic mass is 32.1. The molecule has 4 aromatic heterocycles. The second kappa shape index (κ2) is 13.4. The fourth-order valence-corrected chi connectivity index (χ4v) is 9.27. The lowest BCUT2D eigenvalue weighted by molar-refractivity contribution is 0.668. The van der Waals surface area contributed by atoms with Crippen molar-refractivity contribution in [3.05, 3.63) is 188 Å². The standard InChI is InChI=1S/C52H31N5OS/c1-4-13-32(14-5-1)35-23-27-44-41(29-35)38-19-10-11-21-43(38)57(44)37-25-26-39-46(31-37)58-45-22-12-20-40(48(39)45)51-55-49(33-15-6-2-7-16-33)54-50(56-51)36-24-28-47-42(30-36)53-52(59-47)34-17-8-3-9-18-34/h1-31H. The Morgan fingerprint density at radius 1 is 0.407 bits per heavy atom. The number of benzene rings is 8. The van der Waals surface area contributed by atoms with Crippen molar-refractivity contribution >= 4 is 65.3 Å². The number of hydrogen-bond donors (Lipinski definition) is 0. The Bertz CT molecular complexity index is 3550. The molecule has 0 radical (unpaired) electrons. The first-order valence-electron chi connectivity index (χ1n) is 19.5. The number of thiazole rings is 1. The van der Waals surface area contributed by atoms with E-state index in [2.05, 4.69) is 132 Å². The number of furan rings is 1. The van der Waals surface area contributed by atoms with Crippen LogP contribution in [0.1, 0.15) is 0 Å². The number of hydrogen-bond acceptors (Lipinski definition) is 6. The van der Waals surface area contributed by atoms with Crippen molar-refractivity contribution in [3.8, 4) is 61.5 Å². The second-order valence-corrected chi connectivity index (χ2v) is 15.7. The van der Waals surface area contributed by atoms with E-state index in [1.54, 1.807) is 11.3 Å². The molecular weight excluding hydrogens is 743 g/mol. The van der Waals surface area contributed by atoms with E-state index in [1.165, 1.54) is 21.9 Å². The Labute approximate surface area is 342 Å². The average molecular weight is 774 g/mol. The lowest BCUT2D eigenvalue weighted by Gasteiger charge is -2.10. The number of nitrogens with zero attached hydrogens (tertiary/aromatic N) is 5. The van der Waals surface area contributed by atoms with Crippen molar-refractivity contribution in [2.75, 3.05) is 0 Å². The molecule has 12 rings (SSSR count). The molecule has 7 heteroatoms. The van der Waals surface area contributed by atoms with Crippen LogP contribution >= 0.6 is 11.3 Å². The van der Waals surface area contributed by atoms with Crippen LogP contribution in [0.25, 0.3) is 116 Å². The number of rotatable bonds is 6. The summed E-state index contributed by atoms with van der Waals surface area (Å²) in [6.45, 7) is 0. The van der Waals surface area contributed by atoms with E-state index in [0.717, 1.165) is 76.1 Å². The van der Waals surface area contributed by atoms with Crippen LogP contribution in [0.4, 0.5) is 0 Å². The maximum absolute atomic E-state index is 6.68. The Hall–Kier alpha value is -7.74. The van der Waals surface area contributed by atoms with Gasteiger partial charge in [-0.3, -0.25) is 0 Å². The van der Waals surface area contributed by atoms with Gasteiger partial charge in [0.25, 0.3) is 0 Å². The van der Waals surface area contributed by atoms with Gasteiger partial charge in [-0.25, -0.2) is 19.9 Å². The van der Waals surface area contributed by atoms with Gasteiger partial charge in [0.1, 0.15) is 16.2 Å². The van der Waals surface area contributed by atoms with Crippen molar-refractivity contribution in [3.63, 3.8) is 0 Å². The van der Waals surface area contributed by atoms with Crippen LogP contribution in [0.5, 0.6) is 0 Å². The van der Waals surface area contributed by atoms with Gasteiger partial charge in [0.2, 0.25) is 0 Å². The molecule has 0 N–H and O–H groups in total.